The average molecular weight is 478 g/mol. The fourth-order valence-electron chi connectivity index (χ4n) is 3.90. The van der Waals surface area contributed by atoms with Gasteiger partial charge in [0.2, 0.25) is 5.91 Å². The van der Waals surface area contributed by atoms with E-state index >= 15 is 0 Å². The number of anilines is 1. The van der Waals surface area contributed by atoms with Gasteiger partial charge in [-0.05, 0) is 42.5 Å². The Morgan fingerprint density at radius 2 is 1.91 bits per heavy atom. The maximum Gasteiger partial charge on any atom is 0.247 e. The van der Waals surface area contributed by atoms with Crippen LogP contribution in [0.2, 0.25) is 0 Å². The fraction of sp³-hybridized carbons (Fsp3) is 0.160. The summed E-state index contributed by atoms with van der Waals surface area (Å²) in [6.45, 7) is -0.0460. The van der Waals surface area contributed by atoms with Crippen molar-refractivity contribution in [2.45, 2.75) is 12.3 Å². The number of aliphatic hydroxyl groups is 1. The van der Waals surface area contributed by atoms with E-state index in [1.165, 1.54) is 29.3 Å². The molecule has 0 saturated heterocycles. The smallest absolute Gasteiger partial charge is 0.247 e. The van der Waals surface area contributed by atoms with E-state index in [0.717, 1.165) is 17.5 Å². The molecular weight excluding hydrogens is 458 g/mol. The Morgan fingerprint density at radius 1 is 1.11 bits per heavy atom. The quantitative estimate of drug-likeness (QED) is 0.422. The summed E-state index contributed by atoms with van der Waals surface area (Å²) in [6, 6.07) is 12.4. The van der Waals surface area contributed by atoms with Crippen molar-refractivity contribution < 1.29 is 28.2 Å². The molecule has 0 fully saturated rings. The zero-order valence-electron chi connectivity index (χ0n) is 18.5. The number of aromatic nitrogens is 2. The van der Waals surface area contributed by atoms with Crippen molar-refractivity contribution in [2.24, 2.45) is 0 Å². The molecule has 3 heterocycles. The number of pyridine rings is 2. The van der Waals surface area contributed by atoms with Gasteiger partial charge in [0.1, 0.15) is 30.4 Å². The molecule has 0 bridgehead atoms. The van der Waals surface area contributed by atoms with Crippen LogP contribution in [0.5, 0.6) is 17.2 Å². The summed E-state index contributed by atoms with van der Waals surface area (Å²) >= 11 is 0. The van der Waals surface area contributed by atoms with Gasteiger partial charge in [0, 0.05) is 30.9 Å². The van der Waals surface area contributed by atoms with Crippen LogP contribution >= 0.6 is 0 Å². The van der Waals surface area contributed by atoms with Crippen LogP contribution in [0.4, 0.5) is 14.5 Å². The summed E-state index contributed by atoms with van der Waals surface area (Å²) < 4.78 is 39.1. The number of hydrogen-bond acceptors (Lipinski definition) is 7. The number of rotatable bonds is 5. The molecule has 2 aromatic carbocycles. The highest BCUT2D eigenvalue weighted by atomic mass is 19.1. The third kappa shape index (κ3) is 4.36. The first-order chi connectivity index (χ1) is 16.9. The standard InChI is InChI=1S/C25H20F2N4O4/c1-31-22-15-4-3-10-28-18(15)7-8-21(22)34-13-20(25(31)33)30-24(32)19-12-14(9-11-29-19)35-23-16(26)5-2-6-17(23)27/h2-12,20,24,30,32H,13H2,1H3/t20-,24?/m0/s1. The third-order valence-electron chi connectivity index (χ3n) is 5.62. The number of benzene rings is 2. The van der Waals surface area contributed by atoms with Crippen molar-refractivity contribution in [2.75, 3.05) is 18.6 Å². The second kappa shape index (κ2) is 9.24. The SMILES string of the molecule is CN1C(=O)[C@@H](NC(O)c2cc(Oc3c(F)cccc3F)ccn2)COc2ccc3ncccc3c21. The highest BCUT2D eigenvalue weighted by Gasteiger charge is 2.32. The van der Waals surface area contributed by atoms with Crippen LogP contribution in [0.15, 0.2) is 67.0 Å². The molecule has 0 saturated carbocycles. The number of amides is 1. The second-order valence-corrected chi connectivity index (χ2v) is 7.88. The first kappa shape index (κ1) is 22.6. The molecule has 1 unspecified atom stereocenters. The number of likely N-dealkylation sites (N-methyl/N-ethyl adjacent to an activating group) is 1. The zero-order valence-corrected chi connectivity index (χ0v) is 18.5. The van der Waals surface area contributed by atoms with Crippen molar-refractivity contribution in [3.63, 3.8) is 0 Å². The van der Waals surface area contributed by atoms with Gasteiger partial charge in [0.15, 0.2) is 17.4 Å². The molecule has 2 aromatic heterocycles. The number of carbonyl (C=O) groups excluding carboxylic acids is 1. The Kier molecular flexibility index (Phi) is 5.98. The Morgan fingerprint density at radius 3 is 2.71 bits per heavy atom. The van der Waals surface area contributed by atoms with E-state index in [9.17, 15) is 18.7 Å². The lowest BCUT2D eigenvalue weighted by Gasteiger charge is -2.23. The molecule has 4 aromatic rings. The Labute approximate surface area is 198 Å². The van der Waals surface area contributed by atoms with Crippen molar-refractivity contribution in [3.05, 3.63) is 84.3 Å². The number of nitrogens with zero attached hydrogens (tertiary/aromatic N) is 3. The fourth-order valence-corrected chi connectivity index (χ4v) is 3.90. The van der Waals surface area contributed by atoms with Gasteiger partial charge in [-0.15, -0.1) is 0 Å². The van der Waals surface area contributed by atoms with Crippen molar-refractivity contribution in [3.8, 4) is 17.2 Å². The minimum atomic E-state index is -1.39. The lowest BCUT2D eigenvalue weighted by atomic mass is 10.1. The number of fused-ring (bicyclic) bond motifs is 3. The van der Waals surface area contributed by atoms with Crippen LogP contribution in [-0.4, -0.2) is 40.7 Å². The van der Waals surface area contributed by atoms with Crippen LogP contribution in [0.1, 0.15) is 11.9 Å². The molecule has 0 aliphatic carbocycles. The Hall–Kier alpha value is -4.15. The molecule has 0 spiro atoms. The third-order valence-corrected chi connectivity index (χ3v) is 5.62. The molecule has 0 radical (unpaired) electrons. The average Bonchev–Trinajstić information content (AvgIpc) is 2.98. The van der Waals surface area contributed by atoms with E-state index in [1.54, 1.807) is 25.4 Å². The minimum absolute atomic E-state index is 0.0460. The topological polar surface area (TPSA) is 96.8 Å². The molecule has 1 aliphatic rings. The van der Waals surface area contributed by atoms with Crippen molar-refractivity contribution in [1.29, 1.82) is 0 Å². The number of hydrogen-bond donors (Lipinski definition) is 2. The van der Waals surface area contributed by atoms with Crippen LogP contribution in [-0.2, 0) is 4.79 Å². The number of halogens is 2. The van der Waals surface area contributed by atoms with Crippen molar-refractivity contribution >= 4 is 22.5 Å². The second-order valence-electron chi connectivity index (χ2n) is 7.88. The maximum absolute atomic E-state index is 13.9. The summed E-state index contributed by atoms with van der Waals surface area (Å²) in [6.07, 6.45) is 1.59. The molecule has 178 valence electrons. The Balaban J connectivity index is 1.36. The van der Waals surface area contributed by atoms with Gasteiger partial charge in [-0.3, -0.25) is 20.1 Å². The van der Waals surface area contributed by atoms with E-state index < -0.39 is 29.7 Å². The minimum Gasteiger partial charge on any atom is -0.489 e. The number of carbonyl (C=O) groups is 1. The summed E-state index contributed by atoms with van der Waals surface area (Å²) in [5.41, 5.74) is 1.39. The molecular formula is C25H20F2N4O4. The van der Waals surface area contributed by atoms with Gasteiger partial charge >= 0.3 is 0 Å². The molecule has 8 nitrogen and oxygen atoms in total. The number of aliphatic hydroxyl groups excluding tert-OH is 1. The highest BCUT2D eigenvalue weighted by molar-refractivity contribution is 6.07. The largest absolute Gasteiger partial charge is 0.489 e. The van der Waals surface area contributed by atoms with Gasteiger partial charge in [0.05, 0.1) is 16.9 Å². The summed E-state index contributed by atoms with van der Waals surface area (Å²) in [4.78, 5) is 23.1. The van der Waals surface area contributed by atoms with Gasteiger partial charge in [0.25, 0.3) is 0 Å². The van der Waals surface area contributed by atoms with E-state index in [0.29, 0.717) is 17.0 Å². The van der Waals surface area contributed by atoms with E-state index in [4.69, 9.17) is 9.47 Å². The highest BCUT2D eigenvalue weighted by Crippen LogP contribution is 2.37. The molecule has 2 N–H and O–H groups in total. The number of ether oxygens (including phenoxy) is 2. The predicted octanol–water partition coefficient (Wildman–Crippen LogP) is 3.70. The normalized spacial score (nSPS) is 16.4. The van der Waals surface area contributed by atoms with Gasteiger partial charge in [-0.25, -0.2) is 8.78 Å². The first-order valence-corrected chi connectivity index (χ1v) is 10.7. The monoisotopic (exact) mass is 478 g/mol. The van der Waals surface area contributed by atoms with Crippen LogP contribution in [0, 0.1) is 11.6 Å². The lowest BCUT2D eigenvalue weighted by Crippen LogP contribution is -2.48. The molecule has 2 atom stereocenters. The molecule has 1 aliphatic heterocycles. The van der Waals surface area contributed by atoms with Crippen LogP contribution in [0.3, 0.4) is 0 Å². The first-order valence-electron chi connectivity index (χ1n) is 10.7. The van der Waals surface area contributed by atoms with Crippen LogP contribution < -0.4 is 19.7 Å². The van der Waals surface area contributed by atoms with Crippen LogP contribution in [0.25, 0.3) is 10.9 Å². The van der Waals surface area contributed by atoms with E-state index in [2.05, 4.69) is 15.3 Å². The predicted molar refractivity (Wildman–Crippen MR) is 123 cm³/mol. The lowest BCUT2D eigenvalue weighted by molar-refractivity contribution is -0.121. The molecule has 1 amide bonds. The number of nitrogens with one attached hydrogen (secondary N) is 1. The van der Waals surface area contributed by atoms with E-state index in [1.807, 2.05) is 12.1 Å². The maximum atomic E-state index is 13.9. The number of para-hydroxylation sites is 1. The summed E-state index contributed by atoms with van der Waals surface area (Å²) in [5.74, 6) is -2.06. The van der Waals surface area contributed by atoms with Gasteiger partial charge < -0.3 is 19.5 Å². The summed E-state index contributed by atoms with van der Waals surface area (Å²) in [5, 5.41) is 14.3. The van der Waals surface area contributed by atoms with E-state index in [-0.39, 0.29) is 24.0 Å². The Bertz CT molecular complexity index is 1400. The molecule has 10 heteroatoms. The van der Waals surface area contributed by atoms with Gasteiger partial charge in [-0.2, -0.15) is 0 Å². The molecule has 35 heavy (non-hydrogen) atoms. The zero-order chi connectivity index (χ0) is 24.5. The van der Waals surface area contributed by atoms with Crippen molar-refractivity contribution in [1.82, 2.24) is 15.3 Å². The van der Waals surface area contributed by atoms with Gasteiger partial charge in [-0.1, -0.05) is 6.07 Å². The molecule has 5 rings (SSSR count). The summed E-state index contributed by atoms with van der Waals surface area (Å²) in [7, 11) is 1.62.